The summed E-state index contributed by atoms with van der Waals surface area (Å²) in [5, 5.41) is 12.4. The molecule has 0 spiro atoms. The van der Waals surface area contributed by atoms with Crippen LogP contribution < -0.4 is 5.32 Å². The Balaban J connectivity index is 2.21. The molecule has 1 aromatic carbocycles. The first kappa shape index (κ1) is 11.0. The third-order valence-corrected chi connectivity index (χ3v) is 2.00. The molecule has 14 heavy (non-hydrogen) atoms. The number of phenols is 1. The molecule has 0 aliphatic rings. The van der Waals surface area contributed by atoms with Crippen molar-refractivity contribution < 1.29 is 5.11 Å². The first-order valence-corrected chi connectivity index (χ1v) is 4.82. The molecule has 2 N–H and O–H groups in total. The zero-order valence-electron chi connectivity index (χ0n) is 8.83. The number of rotatable bonds is 5. The predicted molar refractivity (Wildman–Crippen MR) is 58.4 cm³/mol. The van der Waals surface area contributed by atoms with Crippen molar-refractivity contribution in [2.24, 2.45) is 0 Å². The number of aromatic hydroxyl groups is 1. The summed E-state index contributed by atoms with van der Waals surface area (Å²) in [4.78, 5) is 2.14. The minimum Gasteiger partial charge on any atom is -0.508 e. The van der Waals surface area contributed by atoms with Gasteiger partial charge in [0, 0.05) is 19.6 Å². The third kappa shape index (κ3) is 4.25. The van der Waals surface area contributed by atoms with E-state index in [0.29, 0.717) is 5.75 Å². The van der Waals surface area contributed by atoms with Gasteiger partial charge in [-0.3, -0.25) is 0 Å². The van der Waals surface area contributed by atoms with Crippen LogP contribution in [-0.4, -0.2) is 37.2 Å². The summed E-state index contributed by atoms with van der Waals surface area (Å²) in [6.07, 6.45) is 0. The molecule has 3 heteroatoms. The topological polar surface area (TPSA) is 35.5 Å². The average molecular weight is 194 g/mol. The molecule has 0 heterocycles. The zero-order chi connectivity index (χ0) is 10.4. The Bertz CT molecular complexity index is 256. The standard InChI is InChI=1S/C11H18N2O/c1-13(2)8-7-12-9-10-3-5-11(14)6-4-10/h3-6,12,14H,7-9H2,1-2H3. The molecule has 3 nitrogen and oxygen atoms in total. The maximum atomic E-state index is 9.07. The van der Waals surface area contributed by atoms with Crippen LogP contribution >= 0.6 is 0 Å². The second-order valence-corrected chi connectivity index (χ2v) is 3.65. The minimum atomic E-state index is 0.321. The van der Waals surface area contributed by atoms with Crippen LogP contribution in [0.4, 0.5) is 0 Å². The van der Waals surface area contributed by atoms with Crippen LogP contribution in [0.2, 0.25) is 0 Å². The molecule has 0 radical (unpaired) electrons. The Hall–Kier alpha value is -1.06. The minimum absolute atomic E-state index is 0.321. The van der Waals surface area contributed by atoms with E-state index in [2.05, 4.69) is 24.3 Å². The van der Waals surface area contributed by atoms with Crippen molar-refractivity contribution in [1.82, 2.24) is 10.2 Å². The van der Waals surface area contributed by atoms with Gasteiger partial charge >= 0.3 is 0 Å². The van der Waals surface area contributed by atoms with Crippen molar-refractivity contribution in [2.45, 2.75) is 6.54 Å². The molecule has 0 atom stereocenters. The van der Waals surface area contributed by atoms with Crippen LogP contribution in [0, 0.1) is 0 Å². The lowest BCUT2D eigenvalue weighted by Gasteiger charge is -2.10. The van der Waals surface area contributed by atoms with Crippen LogP contribution in [0.3, 0.4) is 0 Å². The lowest BCUT2D eigenvalue weighted by molar-refractivity contribution is 0.400. The van der Waals surface area contributed by atoms with Gasteiger partial charge in [-0.05, 0) is 31.8 Å². The molecular formula is C11H18N2O. The first-order chi connectivity index (χ1) is 6.68. The number of nitrogens with zero attached hydrogens (tertiary/aromatic N) is 1. The fraction of sp³-hybridized carbons (Fsp3) is 0.455. The average Bonchev–Trinajstić information content (AvgIpc) is 2.15. The Labute approximate surface area is 85.4 Å². The smallest absolute Gasteiger partial charge is 0.115 e. The maximum Gasteiger partial charge on any atom is 0.115 e. The quantitative estimate of drug-likeness (QED) is 0.688. The third-order valence-electron chi connectivity index (χ3n) is 2.00. The van der Waals surface area contributed by atoms with Gasteiger partial charge in [0.2, 0.25) is 0 Å². The van der Waals surface area contributed by atoms with Gasteiger partial charge in [-0.25, -0.2) is 0 Å². The van der Waals surface area contributed by atoms with E-state index in [4.69, 9.17) is 5.11 Å². The van der Waals surface area contributed by atoms with E-state index in [0.717, 1.165) is 19.6 Å². The van der Waals surface area contributed by atoms with Crippen molar-refractivity contribution in [1.29, 1.82) is 0 Å². The van der Waals surface area contributed by atoms with Gasteiger partial charge in [0.25, 0.3) is 0 Å². The first-order valence-electron chi connectivity index (χ1n) is 4.82. The summed E-state index contributed by atoms with van der Waals surface area (Å²) in [5.74, 6) is 0.321. The number of hydrogen-bond donors (Lipinski definition) is 2. The van der Waals surface area contributed by atoms with E-state index in [-0.39, 0.29) is 0 Å². The largest absolute Gasteiger partial charge is 0.508 e. The number of likely N-dealkylation sites (N-methyl/N-ethyl adjacent to an activating group) is 1. The van der Waals surface area contributed by atoms with Crippen molar-refractivity contribution in [2.75, 3.05) is 27.2 Å². The SMILES string of the molecule is CN(C)CCNCc1ccc(O)cc1. The lowest BCUT2D eigenvalue weighted by Crippen LogP contribution is -2.26. The van der Waals surface area contributed by atoms with Crippen LogP contribution in [0.25, 0.3) is 0 Å². The molecule has 0 aliphatic heterocycles. The molecule has 0 aromatic heterocycles. The number of hydrogen-bond acceptors (Lipinski definition) is 3. The molecule has 78 valence electrons. The summed E-state index contributed by atoms with van der Waals surface area (Å²) < 4.78 is 0. The highest BCUT2D eigenvalue weighted by Crippen LogP contribution is 2.08. The summed E-state index contributed by atoms with van der Waals surface area (Å²) in [6.45, 7) is 2.88. The molecule has 0 saturated heterocycles. The van der Waals surface area contributed by atoms with Gasteiger partial charge in [-0.15, -0.1) is 0 Å². The van der Waals surface area contributed by atoms with Crippen LogP contribution in [0.5, 0.6) is 5.75 Å². The maximum absolute atomic E-state index is 9.07. The van der Waals surface area contributed by atoms with Crippen LogP contribution in [0.1, 0.15) is 5.56 Å². The fourth-order valence-corrected chi connectivity index (χ4v) is 1.15. The number of nitrogens with one attached hydrogen (secondary N) is 1. The monoisotopic (exact) mass is 194 g/mol. The van der Waals surface area contributed by atoms with E-state index < -0.39 is 0 Å². The molecular weight excluding hydrogens is 176 g/mol. The molecule has 0 amide bonds. The highest BCUT2D eigenvalue weighted by Gasteiger charge is 1.93. The normalized spacial score (nSPS) is 10.8. The van der Waals surface area contributed by atoms with Crippen molar-refractivity contribution in [3.63, 3.8) is 0 Å². The summed E-state index contributed by atoms with van der Waals surface area (Å²) in [7, 11) is 4.12. The molecule has 0 bridgehead atoms. The van der Waals surface area contributed by atoms with Gasteiger partial charge < -0.3 is 15.3 Å². The van der Waals surface area contributed by atoms with Crippen molar-refractivity contribution in [3.05, 3.63) is 29.8 Å². The van der Waals surface area contributed by atoms with E-state index in [1.807, 2.05) is 12.1 Å². The molecule has 0 unspecified atom stereocenters. The predicted octanol–water partition coefficient (Wildman–Crippen LogP) is 1.04. The zero-order valence-corrected chi connectivity index (χ0v) is 8.83. The van der Waals surface area contributed by atoms with Crippen molar-refractivity contribution >= 4 is 0 Å². The number of benzene rings is 1. The second-order valence-electron chi connectivity index (χ2n) is 3.65. The summed E-state index contributed by atoms with van der Waals surface area (Å²) in [5.41, 5.74) is 1.20. The van der Waals surface area contributed by atoms with Gasteiger partial charge in [-0.2, -0.15) is 0 Å². The molecule has 1 aromatic rings. The molecule has 0 fully saturated rings. The number of phenolic OH excluding ortho intramolecular Hbond substituents is 1. The van der Waals surface area contributed by atoms with Crippen LogP contribution in [-0.2, 0) is 6.54 Å². The van der Waals surface area contributed by atoms with E-state index in [9.17, 15) is 0 Å². The van der Waals surface area contributed by atoms with E-state index in [1.165, 1.54) is 5.56 Å². The van der Waals surface area contributed by atoms with E-state index in [1.54, 1.807) is 12.1 Å². The highest BCUT2D eigenvalue weighted by molar-refractivity contribution is 5.25. The summed E-state index contributed by atoms with van der Waals surface area (Å²) in [6, 6.07) is 7.28. The summed E-state index contributed by atoms with van der Waals surface area (Å²) >= 11 is 0. The van der Waals surface area contributed by atoms with Gasteiger partial charge in [0.15, 0.2) is 0 Å². The van der Waals surface area contributed by atoms with E-state index >= 15 is 0 Å². The molecule has 0 aliphatic carbocycles. The Morgan fingerprint density at radius 1 is 1.21 bits per heavy atom. The second kappa shape index (κ2) is 5.62. The lowest BCUT2D eigenvalue weighted by atomic mass is 10.2. The highest BCUT2D eigenvalue weighted by atomic mass is 16.3. The van der Waals surface area contributed by atoms with Crippen molar-refractivity contribution in [3.8, 4) is 5.75 Å². The van der Waals surface area contributed by atoms with Gasteiger partial charge in [-0.1, -0.05) is 12.1 Å². The Morgan fingerprint density at radius 2 is 1.86 bits per heavy atom. The Morgan fingerprint density at radius 3 is 2.43 bits per heavy atom. The fourth-order valence-electron chi connectivity index (χ4n) is 1.15. The van der Waals surface area contributed by atoms with Gasteiger partial charge in [0.1, 0.15) is 5.75 Å². The molecule has 1 rings (SSSR count). The van der Waals surface area contributed by atoms with Gasteiger partial charge in [0.05, 0.1) is 0 Å². The Kier molecular flexibility index (Phi) is 4.43. The molecule has 0 saturated carbocycles. The van der Waals surface area contributed by atoms with Crippen LogP contribution in [0.15, 0.2) is 24.3 Å².